The van der Waals surface area contributed by atoms with Crippen LogP contribution in [0.1, 0.15) is 12.8 Å². The van der Waals surface area contributed by atoms with Gasteiger partial charge in [0.2, 0.25) is 10.0 Å². The number of nitrogens with zero attached hydrogens (tertiary/aromatic N) is 2. The molecule has 2 heterocycles. The van der Waals surface area contributed by atoms with E-state index < -0.39 is 10.0 Å². The second-order valence-corrected chi connectivity index (χ2v) is 11.5. The van der Waals surface area contributed by atoms with Gasteiger partial charge in [-0.25, -0.2) is 13.4 Å². The van der Waals surface area contributed by atoms with Crippen LogP contribution in [0.2, 0.25) is 0 Å². The summed E-state index contributed by atoms with van der Waals surface area (Å²) in [5, 5.41) is 10.0. The number of hydrogen-bond donors (Lipinski definition) is 3. The van der Waals surface area contributed by atoms with Crippen LogP contribution in [0.15, 0.2) is 109 Å². The van der Waals surface area contributed by atoms with E-state index in [4.69, 9.17) is 4.98 Å². The van der Waals surface area contributed by atoms with Crippen molar-refractivity contribution in [2.45, 2.75) is 12.8 Å². The minimum absolute atomic E-state index is 0. The van der Waals surface area contributed by atoms with Crippen molar-refractivity contribution in [3.63, 3.8) is 0 Å². The Kier molecular flexibility index (Phi) is 10.4. The Bertz CT molecular complexity index is 1860. The maximum absolute atomic E-state index is 12.7. The summed E-state index contributed by atoms with van der Waals surface area (Å²) in [5.74, 6) is 0.0563. The van der Waals surface area contributed by atoms with Crippen LogP contribution in [0.4, 0.5) is 22.7 Å². The summed E-state index contributed by atoms with van der Waals surface area (Å²) in [6.45, 7) is 0.683. The van der Waals surface area contributed by atoms with Crippen molar-refractivity contribution in [1.82, 2.24) is 9.97 Å². The Balaban J connectivity index is 0.00000202. The number of para-hydroxylation sites is 3. The lowest BCUT2D eigenvalue weighted by Crippen LogP contribution is -2.17. The van der Waals surface area contributed by atoms with Crippen molar-refractivity contribution >= 4 is 99.4 Å². The van der Waals surface area contributed by atoms with Crippen LogP contribution in [-0.2, 0) is 10.0 Å². The van der Waals surface area contributed by atoms with Crippen molar-refractivity contribution in [2.75, 3.05) is 27.7 Å². The Hall–Kier alpha value is -3.73. The standard InChI is InChI=1S/C32H29N5O2S.2BrH/c38-40(39,22-8-7-20-33-29-19-21-34-28-12-4-1-9-25(28)29)37-24-17-15-23(16-18-24)35-32-26-10-2-5-13-30(26)36-31-14-6-3-11-27(31)32;;/h1-6,9-19,21,37H,7-8,20,22H2,(H,33,34)(H,35,36);2*1H. The van der Waals surface area contributed by atoms with Crippen LogP contribution in [0.25, 0.3) is 32.7 Å². The SMILES string of the molecule is Br.Br.O=S(=O)(CCCCNc1ccnc2ccccc12)Nc1ccc(Nc2c3ccccc3nc3ccccc23)cc1. The number of benzene rings is 4. The summed E-state index contributed by atoms with van der Waals surface area (Å²) >= 11 is 0. The van der Waals surface area contributed by atoms with E-state index in [9.17, 15) is 8.42 Å². The van der Waals surface area contributed by atoms with Gasteiger partial charge in [0.25, 0.3) is 0 Å². The first-order valence-corrected chi connectivity index (χ1v) is 14.9. The molecule has 216 valence electrons. The van der Waals surface area contributed by atoms with Gasteiger partial charge in [0, 0.05) is 46.0 Å². The predicted molar refractivity (Wildman–Crippen MR) is 186 cm³/mol. The molecule has 4 aromatic carbocycles. The van der Waals surface area contributed by atoms with Crippen molar-refractivity contribution in [1.29, 1.82) is 0 Å². The topological polar surface area (TPSA) is 96.0 Å². The number of fused-ring (bicyclic) bond motifs is 3. The number of halogens is 2. The Morgan fingerprint density at radius 3 is 1.86 bits per heavy atom. The van der Waals surface area contributed by atoms with Crippen LogP contribution in [0.5, 0.6) is 0 Å². The summed E-state index contributed by atoms with van der Waals surface area (Å²) in [7, 11) is -3.46. The lowest BCUT2D eigenvalue weighted by molar-refractivity contribution is 0.597. The Labute approximate surface area is 266 Å². The number of nitrogens with one attached hydrogen (secondary N) is 3. The number of aromatic nitrogens is 2. The molecule has 0 fully saturated rings. The number of rotatable bonds is 10. The van der Waals surface area contributed by atoms with E-state index in [0.29, 0.717) is 18.7 Å². The maximum Gasteiger partial charge on any atom is 0.232 e. The first kappa shape index (κ1) is 31.2. The molecule has 0 atom stereocenters. The molecule has 0 bridgehead atoms. The monoisotopic (exact) mass is 707 g/mol. The Morgan fingerprint density at radius 2 is 1.19 bits per heavy atom. The maximum atomic E-state index is 12.7. The van der Waals surface area contributed by atoms with Gasteiger partial charge in [0.15, 0.2) is 0 Å². The predicted octanol–water partition coefficient (Wildman–Crippen LogP) is 8.47. The molecule has 0 radical (unpaired) electrons. The van der Waals surface area contributed by atoms with Crippen LogP contribution in [0, 0.1) is 0 Å². The molecule has 6 aromatic rings. The van der Waals surface area contributed by atoms with E-state index in [1.807, 2.05) is 91.0 Å². The normalized spacial score (nSPS) is 11.0. The lowest BCUT2D eigenvalue weighted by atomic mass is 10.1. The van der Waals surface area contributed by atoms with Gasteiger partial charge in [-0.15, -0.1) is 34.0 Å². The second kappa shape index (κ2) is 14.0. The molecule has 0 aliphatic carbocycles. The fourth-order valence-corrected chi connectivity index (χ4v) is 6.04. The smallest absolute Gasteiger partial charge is 0.232 e. The van der Waals surface area contributed by atoms with Gasteiger partial charge in [0.1, 0.15) is 0 Å². The number of sulfonamides is 1. The lowest BCUT2D eigenvalue weighted by Gasteiger charge is -2.14. The highest BCUT2D eigenvalue weighted by Crippen LogP contribution is 2.33. The summed E-state index contributed by atoms with van der Waals surface area (Å²) in [5.41, 5.74) is 6.14. The third-order valence-electron chi connectivity index (χ3n) is 6.82. The van der Waals surface area contributed by atoms with Crippen LogP contribution in [0.3, 0.4) is 0 Å². The van der Waals surface area contributed by atoms with Crippen LogP contribution in [-0.4, -0.2) is 30.7 Å². The fraction of sp³-hybridized carbons (Fsp3) is 0.125. The van der Waals surface area contributed by atoms with Gasteiger partial charge in [-0.3, -0.25) is 9.71 Å². The van der Waals surface area contributed by atoms with Crippen LogP contribution >= 0.6 is 34.0 Å². The molecule has 0 unspecified atom stereocenters. The average molecular weight is 710 g/mol. The number of unbranched alkanes of at least 4 members (excludes halogenated alkanes) is 1. The quantitative estimate of drug-likeness (QED) is 0.0976. The third-order valence-corrected chi connectivity index (χ3v) is 8.19. The Morgan fingerprint density at radius 1 is 0.619 bits per heavy atom. The zero-order chi connectivity index (χ0) is 27.4. The van der Waals surface area contributed by atoms with Gasteiger partial charge in [-0.05, 0) is 61.4 Å². The molecule has 0 spiro atoms. The first-order valence-electron chi connectivity index (χ1n) is 13.3. The molecular weight excluding hydrogens is 678 g/mol. The summed E-state index contributed by atoms with van der Waals surface area (Å²) in [6, 6.07) is 33.3. The van der Waals surface area contributed by atoms with Gasteiger partial charge >= 0.3 is 0 Å². The average Bonchev–Trinajstić information content (AvgIpc) is 2.97. The molecule has 42 heavy (non-hydrogen) atoms. The molecule has 0 saturated carbocycles. The minimum atomic E-state index is -3.46. The van der Waals surface area contributed by atoms with E-state index in [2.05, 4.69) is 20.3 Å². The molecule has 0 saturated heterocycles. The zero-order valence-electron chi connectivity index (χ0n) is 22.7. The van der Waals surface area contributed by atoms with E-state index in [0.717, 1.165) is 56.2 Å². The van der Waals surface area contributed by atoms with Gasteiger partial charge in [0.05, 0.1) is 28.0 Å². The number of pyridine rings is 2. The van der Waals surface area contributed by atoms with Crippen molar-refractivity contribution in [3.8, 4) is 0 Å². The molecule has 0 aliphatic heterocycles. The van der Waals surface area contributed by atoms with E-state index in [-0.39, 0.29) is 39.7 Å². The van der Waals surface area contributed by atoms with E-state index >= 15 is 0 Å². The molecule has 6 rings (SSSR count). The highest BCUT2D eigenvalue weighted by atomic mass is 79.9. The summed E-state index contributed by atoms with van der Waals surface area (Å²) in [6.07, 6.45) is 3.06. The molecule has 7 nitrogen and oxygen atoms in total. The van der Waals surface area contributed by atoms with Gasteiger partial charge < -0.3 is 10.6 Å². The van der Waals surface area contributed by atoms with Gasteiger partial charge in [-0.1, -0.05) is 54.6 Å². The highest BCUT2D eigenvalue weighted by molar-refractivity contribution is 8.93. The van der Waals surface area contributed by atoms with Crippen molar-refractivity contribution in [2.24, 2.45) is 0 Å². The number of anilines is 4. The fourth-order valence-electron chi connectivity index (χ4n) is 4.86. The molecule has 0 aliphatic rings. The highest BCUT2D eigenvalue weighted by Gasteiger charge is 2.12. The van der Waals surface area contributed by atoms with Gasteiger partial charge in [-0.2, -0.15) is 0 Å². The first-order chi connectivity index (χ1) is 19.6. The third kappa shape index (κ3) is 7.18. The molecule has 10 heteroatoms. The molecule has 2 aromatic heterocycles. The van der Waals surface area contributed by atoms with E-state index in [1.165, 1.54) is 0 Å². The minimum Gasteiger partial charge on any atom is -0.384 e. The largest absolute Gasteiger partial charge is 0.384 e. The van der Waals surface area contributed by atoms with Crippen molar-refractivity contribution in [3.05, 3.63) is 109 Å². The second-order valence-electron chi connectivity index (χ2n) is 9.65. The van der Waals surface area contributed by atoms with Crippen LogP contribution < -0.4 is 15.4 Å². The molecular formula is C32H31Br2N5O2S. The summed E-state index contributed by atoms with van der Waals surface area (Å²) < 4.78 is 28.1. The molecule has 3 N–H and O–H groups in total. The number of hydrogen-bond acceptors (Lipinski definition) is 6. The van der Waals surface area contributed by atoms with E-state index in [1.54, 1.807) is 18.3 Å². The van der Waals surface area contributed by atoms with Crippen molar-refractivity contribution < 1.29 is 8.42 Å². The zero-order valence-corrected chi connectivity index (χ0v) is 26.9. The summed E-state index contributed by atoms with van der Waals surface area (Å²) in [4.78, 5) is 9.15. The molecule has 0 amide bonds.